The number of benzene rings is 1. The molecule has 1 aliphatic rings. The Labute approximate surface area is 119 Å². The predicted octanol–water partition coefficient (Wildman–Crippen LogP) is 2.72. The van der Waals surface area contributed by atoms with Crippen molar-refractivity contribution >= 4 is 11.0 Å². The summed E-state index contributed by atoms with van der Waals surface area (Å²) >= 11 is 0. The highest BCUT2D eigenvalue weighted by molar-refractivity contribution is 5.77. The van der Waals surface area contributed by atoms with Crippen LogP contribution >= 0.6 is 0 Å². The van der Waals surface area contributed by atoms with Crippen LogP contribution in [0.2, 0.25) is 0 Å². The maximum atomic E-state index is 9.07. The SMILES string of the molecule is CCc1ccc2c(c1)nc(CN1CCCC1)n2CC#N. The highest BCUT2D eigenvalue weighted by atomic mass is 15.2. The highest BCUT2D eigenvalue weighted by Crippen LogP contribution is 2.20. The maximum Gasteiger partial charge on any atom is 0.125 e. The van der Waals surface area contributed by atoms with Crippen molar-refractivity contribution in [2.24, 2.45) is 0 Å². The van der Waals surface area contributed by atoms with Gasteiger partial charge in [-0.2, -0.15) is 5.26 Å². The van der Waals surface area contributed by atoms with E-state index in [1.165, 1.54) is 18.4 Å². The van der Waals surface area contributed by atoms with E-state index in [1.54, 1.807) is 0 Å². The van der Waals surface area contributed by atoms with E-state index in [0.717, 1.165) is 42.9 Å². The van der Waals surface area contributed by atoms with Crippen molar-refractivity contribution < 1.29 is 0 Å². The molecule has 4 nitrogen and oxygen atoms in total. The third kappa shape index (κ3) is 2.41. The van der Waals surface area contributed by atoms with Crippen LogP contribution in [0.3, 0.4) is 0 Å². The van der Waals surface area contributed by atoms with E-state index in [0.29, 0.717) is 6.54 Å². The van der Waals surface area contributed by atoms with E-state index in [9.17, 15) is 0 Å². The van der Waals surface area contributed by atoms with Crippen LogP contribution in [0.25, 0.3) is 11.0 Å². The van der Waals surface area contributed by atoms with Crippen molar-refractivity contribution in [1.82, 2.24) is 14.5 Å². The second-order valence-corrected chi connectivity index (χ2v) is 5.43. The lowest BCUT2D eigenvalue weighted by Crippen LogP contribution is -2.21. The van der Waals surface area contributed by atoms with Crippen molar-refractivity contribution in [3.8, 4) is 6.07 Å². The van der Waals surface area contributed by atoms with Gasteiger partial charge >= 0.3 is 0 Å². The highest BCUT2D eigenvalue weighted by Gasteiger charge is 2.17. The molecule has 3 rings (SSSR count). The van der Waals surface area contributed by atoms with Crippen LogP contribution in [0.4, 0.5) is 0 Å². The third-order valence-electron chi connectivity index (χ3n) is 4.09. The van der Waals surface area contributed by atoms with Crippen LogP contribution in [0, 0.1) is 11.3 Å². The molecule has 0 spiro atoms. The van der Waals surface area contributed by atoms with E-state index in [4.69, 9.17) is 10.2 Å². The van der Waals surface area contributed by atoms with Crippen molar-refractivity contribution in [2.45, 2.75) is 39.3 Å². The van der Waals surface area contributed by atoms with Crippen LogP contribution < -0.4 is 0 Å². The average Bonchev–Trinajstić information content (AvgIpc) is 3.08. The molecule has 0 aliphatic carbocycles. The first kappa shape index (κ1) is 13.1. The van der Waals surface area contributed by atoms with Gasteiger partial charge in [-0.1, -0.05) is 13.0 Å². The second kappa shape index (κ2) is 5.64. The molecule has 1 aliphatic heterocycles. The largest absolute Gasteiger partial charge is 0.313 e. The van der Waals surface area contributed by atoms with Gasteiger partial charge in [0.05, 0.1) is 23.6 Å². The van der Waals surface area contributed by atoms with E-state index in [2.05, 4.69) is 40.7 Å². The Morgan fingerprint density at radius 1 is 1.30 bits per heavy atom. The Bertz CT molecular complexity index is 644. The molecule has 104 valence electrons. The van der Waals surface area contributed by atoms with Gasteiger partial charge in [0, 0.05) is 0 Å². The van der Waals surface area contributed by atoms with Crippen LogP contribution in [0.5, 0.6) is 0 Å². The molecule has 0 amide bonds. The molecule has 0 saturated carbocycles. The van der Waals surface area contributed by atoms with Gasteiger partial charge in [0.2, 0.25) is 0 Å². The molecule has 0 bridgehead atoms. The number of aryl methyl sites for hydroxylation is 1. The van der Waals surface area contributed by atoms with E-state index < -0.39 is 0 Å². The number of hydrogen-bond acceptors (Lipinski definition) is 3. The molecule has 1 aromatic carbocycles. The topological polar surface area (TPSA) is 44.9 Å². The fraction of sp³-hybridized carbons (Fsp3) is 0.500. The van der Waals surface area contributed by atoms with Crippen molar-refractivity contribution in [3.63, 3.8) is 0 Å². The first-order valence-corrected chi connectivity index (χ1v) is 7.39. The molecular formula is C16H20N4. The standard InChI is InChI=1S/C16H20N4/c1-2-13-5-6-15-14(11-13)18-16(20(15)10-7-17)12-19-8-3-4-9-19/h5-6,11H,2-4,8-10,12H2,1H3. The minimum atomic E-state index is 0.380. The molecule has 0 unspecified atom stereocenters. The minimum Gasteiger partial charge on any atom is -0.313 e. The van der Waals surface area contributed by atoms with Gasteiger partial charge in [-0.05, 0) is 50.0 Å². The quantitative estimate of drug-likeness (QED) is 0.856. The zero-order valence-electron chi connectivity index (χ0n) is 12.0. The smallest absolute Gasteiger partial charge is 0.125 e. The Kier molecular flexibility index (Phi) is 3.70. The molecule has 2 heterocycles. The second-order valence-electron chi connectivity index (χ2n) is 5.43. The first-order chi connectivity index (χ1) is 9.81. The molecule has 2 aromatic rings. The Hall–Kier alpha value is -1.86. The fourth-order valence-electron chi connectivity index (χ4n) is 2.95. The molecular weight excluding hydrogens is 248 g/mol. The summed E-state index contributed by atoms with van der Waals surface area (Å²) in [6.07, 6.45) is 3.57. The summed E-state index contributed by atoms with van der Waals surface area (Å²) in [7, 11) is 0. The summed E-state index contributed by atoms with van der Waals surface area (Å²) < 4.78 is 2.06. The number of rotatable bonds is 4. The average molecular weight is 268 g/mol. The fourth-order valence-corrected chi connectivity index (χ4v) is 2.95. The number of imidazole rings is 1. The molecule has 0 N–H and O–H groups in total. The lowest BCUT2D eigenvalue weighted by atomic mass is 10.1. The molecule has 1 fully saturated rings. The number of fused-ring (bicyclic) bond motifs is 1. The minimum absolute atomic E-state index is 0.380. The monoisotopic (exact) mass is 268 g/mol. The Morgan fingerprint density at radius 3 is 2.80 bits per heavy atom. The summed E-state index contributed by atoms with van der Waals surface area (Å²) in [4.78, 5) is 7.20. The van der Waals surface area contributed by atoms with Gasteiger partial charge in [0.15, 0.2) is 0 Å². The Morgan fingerprint density at radius 2 is 2.10 bits per heavy atom. The van der Waals surface area contributed by atoms with E-state index >= 15 is 0 Å². The number of likely N-dealkylation sites (tertiary alicyclic amines) is 1. The van der Waals surface area contributed by atoms with Crippen LogP contribution in [0.15, 0.2) is 18.2 Å². The zero-order valence-corrected chi connectivity index (χ0v) is 12.0. The summed E-state index contributed by atoms with van der Waals surface area (Å²) in [5.41, 5.74) is 3.40. The number of aromatic nitrogens is 2. The summed E-state index contributed by atoms with van der Waals surface area (Å²) in [6.45, 7) is 5.69. The van der Waals surface area contributed by atoms with Crippen molar-refractivity contribution in [1.29, 1.82) is 5.26 Å². The molecule has 1 aromatic heterocycles. The van der Waals surface area contributed by atoms with Gasteiger partial charge in [0.1, 0.15) is 12.4 Å². The summed E-state index contributed by atoms with van der Waals surface area (Å²) in [6, 6.07) is 8.65. The van der Waals surface area contributed by atoms with Gasteiger partial charge < -0.3 is 4.57 Å². The van der Waals surface area contributed by atoms with E-state index in [-0.39, 0.29) is 0 Å². The maximum absolute atomic E-state index is 9.07. The molecule has 1 saturated heterocycles. The van der Waals surface area contributed by atoms with Gasteiger partial charge in [-0.25, -0.2) is 4.98 Å². The molecule has 0 atom stereocenters. The van der Waals surface area contributed by atoms with Gasteiger partial charge in [0.25, 0.3) is 0 Å². The summed E-state index contributed by atoms with van der Waals surface area (Å²) in [5.74, 6) is 1.02. The van der Waals surface area contributed by atoms with Crippen molar-refractivity contribution in [3.05, 3.63) is 29.6 Å². The van der Waals surface area contributed by atoms with Crippen LogP contribution in [-0.4, -0.2) is 27.5 Å². The lowest BCUT2D eigenvalue weighted by Gasteiger charge is -2.14. The summed E-state index contributed by atoms with van der Waals surface area (Å²) in [5, 5.41) is 9.07. The Balaban J connectivity index is 2.00. The van der Waals surface area contributed by atoms with Gasteiger partial charge in [-0.3, -0.25) is 4.90 Å². The molecule has 0 radical (unpaired) electrons. The lowest BCUT2D eigenvalue weighted by molar-refractivity contribution is 0.318. The third-order valence-corrected chi connectivity index (χ3v) is 4.09. The van der Waals surface area contributed by atoms with E-state index in [1.807, 2.05) is 0 Å². The van der Waals surface area contributed by atoms with Gasteiger partial charge in [-0.15, -0.1) is 0 Å². The molecule has 20 heavy (non-hydrogen) atoms. The zero-order chi connectivity index (χ0) is 13.9. The normalized spacial score (nSPS) is 15.8. The van der Waals surface area contributed by atoms with Crippen LogP contribution in [0.1, 0.15) is 31.2 Å². The number of nitrogens with zero attached hydrogens (tertiary/aromatic N) is 4. The predicted molar refractivity (Wildman–Crippen MR) is 79.2 cm³/mol. The van der Waals surface area contributed by atoms with Crippen molar-refractivity contribution in [2.75, 3.05) is 13.1 Å². The van der Waals surface area contributed by atoms with Crippen LogP contribution in [-0.2, 0) is 19.5 Å². The number of hydrogen-bond donors (Lipinski definition) is 0. The number of nitriles is 1. The first-order valence-electron chi connectivity index (χ1n) is 7.39. The molecule has 4 heteroatoms.